The van der Waals surface area contributed by atoms with Gasteiger partial charge in [-0.25, -0.2) is 9.97 Å². The number of aromatic nitrogens is 5. The van der Waals surface area contributed by atoms with Crippen LogP contribution in [0.25, 0.3) is 5.65 Å². The molecule has 7 heteroatoms. The first-order valence-corrected chi connectivity index (χ1v) is 5.53. The number of hydrogen-bond acceptors (Lipinski definition) is 5. The number of aryl methyl sites for hydroxylation is 1. The van der Waals surface area contributed by atoms with E-state index in [1.807, 2.05) is 37.1 Å². The number of hydrogen-bond donors (Lipinski definition) is 2. The molecule has 18 heavy (non-hydrogen) atoms. The van der Waals surface area contributed by atoms with Crippen molar-refractivity contribution in [1.82, 2.24) is 24.1 Å². The van der Waals surface area contributed by atoms with Crippen LogP contribution >= 0.6 is 0 Å². The summed E-state index contributed by atoms with van der Waals surface area (Å²) in [6.45, 7) is 0. The molecule has 3 aromatic heterocycles. The van der Waals surface area contributed by atoms with Crippen molar-refractivity contribution in [2.45, 2.75) is 0 Å². The SMILES string of the molecule is CNc1cn2ccnc2c(Nc2cnn(C)c2)n1. The third kappa shape index (κ3) is 1.75. The summed E-state index contributed by atoms with van der Waals surface area (Å²) in [5, 5.41) is 10.3. The van der Waals surface area contributed by atoms with Crippen molar-refractivity contribution in [3.05, 3.63) is 31.0 Å². The zero-order valence-corrected chi connectivity index (χ0v) is 10.1. The summed E-state index contributed by atoms with van der Waals surface area (Å²) in [5.74, 6) is 1.46. The zero-order chi connectivity index (χ0) is 12.5. The highest BCUT2D eigenvalue weighted by Gasteiger charge is 2.07. The second-order valence-electron chi connectivity index (χ2n) is 3.91. The molecular weight excluding hydrogens is 230 g/mol. The normalized spacial score (nSPS) is 10.8. The molecule has 0 amide bonds. The molecule has 3 rings (SSSR count). The van der Waals surface area contributed by atoms with Gasteiger partial charge >= 0.3 is 0 Å². The molecule has 0 bridgehead atoms. The van der Waals surface area contributed by atoms with Crippen molar-refractivity contribution in [3.63, 3.8) is 0 Å². The Morgan fingerprint density at radius 2 is 2.17 bits per heavy atom. The Bertz CT molecular complexity index is 682. The summed E-state index contributed by atoms with van der Waals surface area (Å²) in [6, 6.07) is 0. The molecule has 0 spiro atoms. The van der Waals surface area contributed by atoms with Gasteiger partial charge in [0.2, 0.25) is 0 Å². The lowest BCUT2D eigenvalue weighted by Crippen LogP contribution is -2.02. The van der Waals surface area contributed by atoms with Crippen molar-refractivity contribution in [2.75, 3.05) is 17.7 Å². The standard InChI is InChI=1S/C11H13N7/c1-12-9-7-18-4-3-13-11(18)10(16-9)15-8-5-14-17(2)6-8/h3-7,12H,1-2H3,(H,15,16). The van der Waals surface area contributed by atoms with E-state index in [2.05, 4.69) is 25.7 Å². The lowest BCUT2D eigenvalue weighted by Gasteiger charge is -2.07. The van der Waals surface area contributed by atoms with Gasteiger partial charge in [-0.3, -0.25) is 4.68 Å². The smallest absolute Gasteiger partial charge is 0.180 e. The minimum atomic E-state index is 0.694. The van der Waals surface area contributed by atoms with Crippen LogP contribution in [0.1, 0.15) is 0 Å². The van der Waals surface area contributed by atoms with Gasteiger partial charge in [0.15, 0.2) is 11.5 Å². The van der Waals surface area contributed by atoms with Crippen LogP contribution in [-0.4, -0.2) is 31.2 Å². The van der Waals surface area contributed by atoms with Crippen LogP contribution in [0, 0.1) is 0 Å². The molecule has 2 N–H and O–H groups in total. The molecule has 0 saturated carbocycles. The largest absolute Gasteiger partial charge is 0.372 e. The molecule has 3 aromatic rings. The van der Waals surface area contributed by atoms with Crippen LogP contribution < -0.4 is 10.6 Å². The van der Waals surface area contributed by atoms with Crippen molar-refractivity contribution in [3.8, 4) is 0 Å². The highest BCUT2D eigenvalue weighted by molar-refractivity contribution is 5.71. The second-order valence-corrected chi connectivity index (χ2v) is 3.91. The molecule has 0 fully saturated rings. The van der Waals surface area contributed by atoms with E-state index >= 15 is 0 Å². The summed E-state index contributed by atoms with van der Waals surface area (Å²) in [7, 11) is 3.70. The van der Waals surface area contributed by atoms with Crippen LogP contribution in [-0.2, 0) is 7.05 Å². The predicted molar refractivity (Wildman–Crippen MR) is 69.0 cm³/mol. The Morgan fingerprint density at radius 1 is 1.28 bits per heavy atom. The first-order chi connectivity index (χ1) is 8.76. The molecule has 0 saturated heterocycles. The van der Waals surface area contributed by atoms with Gasteiger partial charge in [0.05, 0.1) is 18.1 Å². The molecular formula is C11H13N7. The van der Waals surface area contributed by atoms with Crippen molar-refractivity contribution < 1.29 is 0 Å². The average molecular weight is 243 g/mol. The maximum Gasteiger partial charge on any atom is 0.180 e. The van der Waals surface area contributed by atoms with Gasteiger partial charge in [0.25, 0.3) is 0 Å². The number of nitrogens with one attached hydrogen (secondary N) is 2. The molecule has 0 aliphatic carbocycles. The first-order valence-electron chi connectivity index (χ1n) is 5.53. The lowest BCUT2D eigenvalue weighted by atomic mass is 10.5. The topological polar surface area (TPSA) is 72.1 Å². The van der Waals surface area contributed by atoms with E-state index in [-0.39, 0.29) is 0 Å². The van der Waals surface area contributed by atoms with Crippen LogP contribution in [0.2, 0.25) is 0 Å². The van der Waals surface area contributed by atoms with Crippen LogP contribution in [0.3, 0.4) is 0 Å². The Kier molecular flexibility index (Phi) is 2.36. The maximum atomic E-state index is 4.45. The summed E-state index contributed by atoms with van der Waals surface area (Å²) in [6.07, 6.45) is 9.13. The van der Waals surface area contributed by atoms with Crippen LogP contribution in [0.4, 0.5) is 17.3 Å². The summed E-state index contributed by atoms with van der Waals surface area (Å²) in [5.41, 5.74) is 1.65. The summed E-state index contributed by atoms with van der Waals surface area (Å²) < 4.78 is 3.64. The maximum absolute atomic E-state index is 4.45. The third-order valence-electron chi connectivity index (χ3n) is 2.60. The van der Waals surface area contributed by atoms with E-state index in [4.69, 9.17) is 0 Å². The van der Waals surface area contributed by atoms with Crippen molar-refractivity contribution in [1.29, 1.82) is 0 Å². The fraction of sp³-hybridized carbons (Fsp3) is 0.182. The highest BCUT2D eigenvalue weighted by Crippen LogP contribution is 2.20. The summed E-state index contributed by atoms with van der Waals surface area (Å²) in [4.78, 5) is 8.73. The molecule has 0 aliphatic rings. The number of anilines is 3. The molecule has 0 atom stereocenters. The van der Waals surface area contributed by atoms with E-state index in [9.17, 15) is 0 Å². The van der Waals surface area contributed by atoms with E-state index in [1.54, 1.807) is 17.1 Å². The third-order valence-corrected chi connectivity index (χ3v) is 2.60. The molecule has 92 valence electrons. The van der Waals surface area contributed by atoms with Gasteiger partial charge in [0.1, 0.15) is 5.82 Å². The molecule has 3 heterocycles. The van der Waals surface area contributed by atoms with Gasteiger partial charge in [-0.1, -0.05) is 0 Å². The fourth-order valence-electron chi connectivity index (χ4n) is 1.76. The van der Waals surface area contributed by atoms with Crippen molar-refractivity contribution in [2.24, 2.45) is 7.05 Å². The predicted octanol–water partition coefficient (Wildman–Crippen LogP) is 1.25. The minimum Gasteiger partial charge on any atom is -0.372 e. The molecule has 0 unspecified atom stereocenters. The monoisotopic (exact) mass is 243 g/mol. The van der Waals surface area contributed by atoms with Gasteiger partial charge in [-0.2, -0.15) is 5.10 Å². The van der Waals surface area contributed by atoms with Gasteiger partial charge in [-0.05, 0) is 0 Å². The molecule has 7 nitrogen and oxygen atoms in total. The Morgan fingerprint density at radius 3 is 2.89 bits per heavy atom. The number of fused-ring (bicyclic) bond motifs is 1. The van der Waals surface area contributed by atoms with Crippen molar-refractivity contribution >= 4 is 23.0 Å². The van der Waals surface area contributed by atoms with Crippen LogP contribution in [0.5, 0.6) is 0 Å². The summed E-state index contributed by atoms with van der Waals surface area (Å²) >= 11 is 0. The van der Waals surface area contributed by atoms with E-state index in [0.717, 1.165) is 17.2 Å². The lowest BCUT2D eigenvalue weighted by molar-refractivity contribution is 0.768. The number of rotatable bonds is 3. The van der Waals surface area contributed by atoms with Gasteiger partial charge in [-0.15, -0.1) is 0 Å². The highest BCUT2D eigenvalue weighted by atomic mass is 15.3. The van der Waals surface area contributed by atoms with E-state index < -0.39 is 0 Å². The van der Waals surface area contributed by atoms with Crippen LogP contribution in [0.15, 0.2) is 31.0 Å². The fourth-order valence-corrected chi connectivity index (χ4v) is 1.76. The molecule has 0 aromatic carbocycles. The first kappa shape index (κ1) is 10.6. The second kappa shape index (κ2) is 4.02. The number of nitrogens with zero attached hydrogens (tertiary/aromatic N) is 5. The van der Waals surface area contributed by atoms with Gasteiger partial charge < -0.3 is 15.0 Å². The quantitative estimate of drug-likeness (QED) is 0.724. The molecule has 0 radical (unpaired) electrons. The Labute approximate surface area is 103 Å². The number of imidazole rings is 1. The zero-order valence-electron chi connectivity index (χ0n) is 10.1. The van der Waals surface area contributed by atoms with E-state index in [0.29, 0.717) is 5.82 Å². The van der Waals surface area contributed by atoms with E-state index in [1.165, 1.54) is 0 Å². The average Bonchev–Trinajstić information content (AvgIpc) is 2.98. The van der Waals surface area contributed by atoms with Gasteiger partial charge in [0, 0.05) is 32.7 Å². The minimum absolute atomic E-state index is 0.694. The Hall–Kier alpha value is -2.57. The Balaban J connectivity index is 2.06. The molecule has 0 aliphatic heterocycles.